The van der Waals surface area contributed by atoms with Crippen molar-refractivity contribution in [1.82, 2.24) is 20.2 Å². The third kappa shape index (κ3) is 2.91. The molecule has 0 saturated heterocycles. The lowest BCUT2D eigenvalue weighted by Crippen LogP contribution is -2.38. The maximum Gasteiger partial charge on any atom is 0.143 e. The fourth-order valence-electron chi connectivity index (χ4n) is 3.24. The van der Waals surface area contributed by atoms with E-state index < -0.39 is 0 Å². The number of nitrogens with zero attached hydrogens (tertiary/aromatic N) is 4. The summed E-state index contributed by atoms with van der Waals surface area (Å²) < 4.78 is 1.70. The van der Waals surface area contributed by atoms with Gasteiger partial charge in [0.15, 0.2) is 0 Å². The van der Waals surface area contributed by atoms with Crippen molar-refractivity contribution in [3.63, 3.8) is 0 Å². The van der Waals surface area contributed by atoms with Crippen LogP contribution >= 0.6 is 0 Å². The van der Waals surface area contributed by atoms with Crippen molar-refractivity contribution < 1.29 is 0 Å². The van der Waals surface area contributed by atoms with Gasteiger partial charge in [0.2, 0.25) is 0 Å². The highest BCUT2D eigenvalue weighted by molar-refractivity contribution is 5.54. The van der Waals surface area contributed by atoms with Crippen molar-refractivity contribution in [2.45, 2.75) is 52.5 Å². The first-order chi connectivity index (χ1) is 10.1. The van der Waals surface area contributed by atoms with Crippen LogP contribution in [-0.2, 0) is 0 Å². The highest BCUT2D eigenvalue weighted by Gasteiger charge is 2.31. The first-order valence-electron chi connectivity index (χ1n) is 7.67. The summed E-state index contributed by atoms with van der Waals surface area (Å²) in [6.07, 6.45) is 6.85. The summed E-state index contributed by atoms with van der Waals surface area (Å²) in [5.41, 5.74) is 3.74. The second-order valence-corrected chi connectivity index (χ2v) is 6.69. The Hall–Kier alpha value is -1.91. The van der Waals surface area contributed by atoms with E-state index in [9.17, 15) is 0 Å². The summed E-state index contributed by atoms with van der Waals surface area (Å²) in [6, 6.07) is 6.92. The quantitative estimate of drug-likeness (QED) is 0.939. The summed E-state index contributed by atoms with van der Waals surface area (Å²) in [4.78, 5) is 0. The van der Waals surface area contributed by atoms with Crippen LogP contribution in [0.5, 0.6) is 0 Å². The van der Waals surface area contributed by atoms with E-state index in [1.54, 1.807) is 11.0 Å². The molecular formula is C16H23N5. The van der Waals surface area contributed by atoms with Crippen molar-refractivity contribution in [2.75, 3.05) is 5.32 Å². The molecule has 5 heteroatoms. The molecule has 3 rings (SSSR count). The van der Waals surface area contributed by atoms with E-state index >= 15 is 0 Å². The molecule has 21 heavy (non-hydrogen) atoms. The number of aromatic nitrogens is 4. The number of hydrogen-bond donors (Lipinski definition) is 1. The average molecular weight is 285 g/mol. The Morgan fingerprint density at radius 1 is 1.29 bits per heavy atom. The van der Waals surface area contributed by atoms with Crippen molar-refractivity contribution >= 4 is 5.69 Å². The number of benzene rings is 1. The minimum atomic E-state index is 0.362. The van der Waals surface area contributed by atoms with Crippen molar-refractivity contribution in [3.8, 4) is 5.69 Å². The highest BCUT2D eigenvalue weighted by Crippen LogP contribution is 2.37. The molecule has 1 aliphatic rings. The molecular weight excluding hydrogens is 262 g/mol. The smallest absolute Gasteiger partial charge is 0.143 e. The molecule has 1 aromatic heterocycles. The molecule has 0 amide bonds. The third-order valence-corrected chi connectivity index (χ3v) is 4.64. The molecule has 0 bridgehead atoms. The standard InChI is InChI=1S/C16H23N5/c1-12-10-13(7-8-14(12)21-11-17-19-20-21)18-15-6-4-5-9-16(15,2)3/h7-8,10-11,15,18H,4-6,9H2,1-3H3. The van der Waals surface area contributed by atoms with E-state index in [2.05, 4.69) is 59.8 Å². The lowest BCUT2D eigenvalue weighted by Gasteiger charge is -2.39. The number of tetrazole rings is 1. The summed E-state index contributed by atoms with van der Waals surface area (Å²) in [5.74, 6) is 0. The average Bonchev–Trinajstić information content (AvgIpc) is 2.95. The van der Waals surface area contributed by atoms with Gasteiger partial charge in [0.25, 0.3) is 0 Å². The Morgan fingerprint density at radius 3 is 2.81 bits per heavy atom. The van der Waals surface area contributed by atoms with E-state index in [0.717, 1.165) is 5.69 Å². The number of nitrogens with one attached hydrogen (secondary N) is 1. The van der Waals surface area contributed by atoms with Gasteiger partial charge in [-0.3, -0.25) is 0 Å². The van der Waals surface area contributed by atoms with Gasteiger partial charge in [-0.05, 0) is 59.4 Å². The molecule has 1 saturated carbocycles. The number of rotatable bonds is 3. The zero-order chi connectivity index (χ0) is 14.9. The zero-order valence-electron chi connectivity index (χ0n) is 13.0. The molecule has 1 aromatic carbocycles. The van der Waals surface area contributed by atoms with Crippen molar-refractivity contribution in [2.24, 2.45) is 5.41 Å². The molecule has 1 aliphatic carbocycles. The maximum absolute atomic E-state index is 3.95. The fraction of sp³-hybridized carbons (Fsp3) is 0.562. The van der Waals surface area contributed by atoms with Gasteiger partial charge in [-0.2, -0.15) is 0 Å². The van der Waals surface area contributed by atoms with Gasteiger partial charge in [0.05, 0.1) is 5.69 Å². The van der Waals surface area contributed by atoms with Crippen molar-refractivity contribution in [1.29, 1.82) is 0 Å². The minimum Gasteiger partial charge on any atom is -0.382 e. The first-order valence-corrected chi connectivity index (χ1v) is 7.67. The monoisotopic (exact) mass is 285 g/mol. The van der Waals surface area contributed by atoms with Gasteiger partial charge < -0.3 is 5.32 Å². The van der Waals surface area contributed by atoms with Crippen LogP contribution in [0.2, 0.25) is 0 Å². The number of aryl methyl sites for hydroxylation is 1. The van der Waals surface area contributed by atoms with Gasteiger partial charge in [-0.25, -0.2) is 4.68 Å². The molecule has 0 radical (unpaired) electrons. The Balaban J connectivity index is 1.79. The molecule has 0 spiro atoms. The first kappa shape index (κ1) is 14.0. The predicted octanol–water partition coefficient (Wildman–Crippen LogP) is 3.35. The molecule has 0 aliphatic heterocycles. The normalized spacial score (nSPS) is 21.2. The highest BCUT2D eigenvalue weighted by atomic mass is 15.5. The van der Waals surface area contributed by atoms with E-state index in [4.69, 9.17) is 0 Å². The van der Waals surface area contributed by atoms with E-state index in [-0.39, 0.29) is 0 Å². The summed E-state index contributed by atoms with van der Waals surface area (Å²) >= 11 is 0. The maximum atomic E-state index is 3.95. The van der Waals surface area contributed by atoms with Crippen LogP contribution < -0.4 is 5.32 Å². The van der Waals surface area contributed by atoms with E-state index in [1.165, 1.54) is 36.9 Å². The summed E-state index contributed by atoms with van der Waals surface area (Å²) in [5, 5.41) is 15.1. The third-order valence-electron chi connectivity index (χ3n) is 4.64. The van der Waals surface area contributed by atoms with E-state index in [0.29, 0.717) is 11.5 Å². The van der Waals surface area contributed by atoms with E-state index in [1.807, 2.05) is 0 Å². The van der Waals surface area contributed by atoms with Gasteiger partial charge >= 0.3 is 0 Å². The summed E-state index contributed by atoms with van der Waals surface area (Å²) in [7, 11) is 0. The van der Waals surface area contributed by atoms with Crippen LogP contribution in [0, 0.1) is 12.3 Å². The van der Waals surface area contributed by atoms with Crippen LogP contribution in [0.1, 0.15) is 45.1 Å². The fourth-order valence-corrected chi connectivity index (χ4v) is 3.24. The molecule has 1 unspecified atom stereocenters. The molecule has 5 nitrogen and oxygen atoms in total. The SMILES string of the molecule is Cc1cc(NC2CCCCC2(C)C)ccc1-n1cnnn1. The Morgan fingerprint density at radius 2 is 2.14 bits per heavy atom. The van der Waals surface area contributed by atoms with Crippen LogP contribution in [-0.4, -0.2) is 26.2 Å². The Labute approximate surface area is 125 Å². The Bertz CT molecular complexity index is 603. The molecule has 112 valence electrons. The molecule has 1 N–H and O–H groups in total. The second kappa shape index (κ2) is 5.47. The molecule has 1 fully saturated rings. The van der Waals surface area contributed by atoms with Crippen LogP contribution in [0.3, 0.4) is 0 Å². The van der Waals surface area contributed by atoms with Gasteiger partial charge in [-0.15, -0.1) is 5.10 Å². The van der Waals surface area contributed by atoms with Gasteiger partial charge in [0, 0.05) is 11.7 Å². The number of anilines is 1. The minimum absolute atomic E-state index is 0.362. The topological polar surface area (TPSA) is 55.6 Å². The zero-order valence-corrected chi connectivity index (χ0v) is 13.0. The van der Waals surface area contributed by atoms with Crippen LogP contribution in [0.15, 0.2) is 24.5 Å². The summed E-state index contributed by atoms with van der Waals surface area (Å²) in [6.45, 7) is 6.83. The molecule has 2 aromatic rings. The lowest BCUT2D eigenvalue weighted by molar-refractivity contribution is 0.217. The van der Waals surface area contributed by atoms with Crippen molar-refractivity contribution in [3.05, 3.63) is 30.1 Å². The van der Waals surface area contributed by atoms with Crippen LogP contribution in [0.4, 0.5) is 5.69 Å². The Kier molecular flexibility index (Phi) is 3.66. The predicted molar refractivity (Wildman–Crippen MR) is 83.6 cm³/mol. The largest absolute Gasteiger partial charge is 0.382 e. The van der Waals surface area contributed by atoms with Crippen LogP contribution in [0.25, 0.3) is 5.69 Å². The molecule has 1 heterocycles. The van der Waals surface area contributed by atoms with Gasteiger partial charge in [0.1, 0.15) is 6.33 Å². The second-order valence-electron chi connectivity index (χ2n) is 6.69. The van der Waals surface area contributed by atoms with Gasteiger partial charge in [-0.1, -0.05) is 26.7 Å². The lowest BCUT2D eigenvalue weighted by atomic mass is 9.73. The number of hydrogen-bond acceptors (Lipinski definition) is 4. The molecule has 1 atom stereocenters.